The Morgan fingerprint density at radius 2 is 0.655 bits per heavy atom. The molecule has 2 N–H and O–H groups in total. The van der Waals surface area contributed by atoms with Crippen LogP contribution >= 0.6 is 0 Å². The molecule has 4 nitrogen and oxygen atoms in total. The van der Waals surface area contributed by atoms with Gasteiger partial charge in [0.15, 0.2) is 0 Å². The van der Waals surface area contributed by atoms with Crippen LogP contribution in [0.15, 0.2) is 216 Å². The van der Waals surface area contributed by atoms with Gasteiger partial charge in [-0.15, -0.1) is 0 Å². The van der Waals surface area contributed by atoms with E-state index in [2.05, 4.69) is 60.7 Å². The number of nitrogens with zero attached hydrogens (tertiary/aromatic N) is 2. The Labute approximate surface area is 334 Å². The van der Waals surface area contributed by atoms with Gasteiger partial charge in [0.2, 0.25) is 0 Å². The molecule has 0 radical (unpaired) electrons. The number of phenolic OH excluding ortho intramolecular Hbond substituents is 2. The Morgan fingerprint density at radius 1 is 0.327 bits per heavy atom. The molecule has 5 heteroatoms. The summed E-state index contributed by atoms with van der Waals surface area (Å²) >= 11 is 0. The third-order valence-electron chi connectivity index (χ3n) is 9.38. The Hall–Kier alpha value is -6.68. The van der Waals surface area contributed by atoms with Gasteiger partial charge < -0.3 is 10.2 Å². The van der Waals surface area contributed by atoms with Gasteiger partial charge in [0.1, 0.15) is 11.5 Å². The summed E-state index contributed by atoms with van der Waals surface area (Å²) in [7, 11) is 0. The SMILES string of the molecule is Oc1ccccc1C(=Nc1cc(-c2ccccc2)ccc1-c1ccc(-c2ccccc2)cc1N=C(c1ccccc1)c1ccccc1O)c1ccccc1.[Zn]. The monoisotopic (exact) mass is 760 g/mol. The van der Waals surface area contributed by atoms with E-state index in [-0.39, 0.29) is 31.0 Å². The van der Waals surface area contributed by atoms with Crippen molar-refractivity contribution in [2.75, 3.05) is 0 Å². The Balaban J connectivity index is 0.00000465. The smallest absolute Gasteiger partial charge is 0.124 e. The summed E-state index contributed by atoms with van der Waals surface area (Å²) in [6, 6.07) is 67.7. The number of hydrogen-bond acceptors (Lipinski definition) is 4. The second-order valence-electron chi connectivity index (χ2n) is 12.9. The maximum Gasteiger partial charge on any atom is 0.124 e. The zero-order valence-corrected chi connectivity index (χ0v) is 33.1. The van der Waals surface area contributed by atoms with E-state index >= 15 is 0 Å². The van der Waals surface area contributed by atoms with Crippen molar-refractivity contribution in [1.82, 2.24) is 0 Å². The van der Waals surface area contributed by atoms with Crippen molar-refractivity contribution in [2.45, 2.75) is 0 Å². The minimum atomic E-state index is 0. The molecule has 0 saturated carbocycles. The fourth-order valence-electron chi connectivity index (χ4n) is 6.67. The van der Waals surface area contributed by atoms with Crippen LogP contribution in [0.2, 0.25) is 0 Å². The molecule has 0 atom stereocenters. The van der Waals surface area contributed by atoms with E-state index in [9.17, 15) is 10.2 Å². The number of hydrogen-bond donors (Lipinski definition) is 2. The molecule has 0 unspecified atom stereocenters. The first-order chi connectivity index (χ1) is 26.6. The molecule has 55 heavy (non-hydrogen) atoms. The van der Waals surface area contributed by atoms with Crippen LogP contribution in [0.5, 0.6) is 11.5 Å². The van der Waals surface area contributed by atoms with E-state index in [0.29, 0.717) is 33.9 Å². The molecule has 0 bridgehead atoms. The summed E-state index contributed by atoms with van der Waals surface area (Å²) in [6.07, 6.45) is 0. The zero-order chi connectivity index (χ0) is 36.7. The maximum atomic E-state index is 11.1. The summed E-state index contributed by atoms with van der Waals surface area (Å²) in [4.78, 5) is 10.8. The van der Waals surface area contributed by atoms with Gasteiger partial charge in [0.05, 0.1) is 22.8 Å². The largest absolute Gasteiger partial charge is 0.507 e. The molecule has 0 amide bonds. The van der Waals surface area contributed by atoms with Gasteiger partial charge in [-0.05, 0) is 58.7 Å². The maximum absolute atomic E-state index is 11.1. The minimum Gasteiger partial charge on any atom is -0.507 e. The summed E-state index contributed by atoms with van der Waals surface area (Å²) in [6.45, 7) is 0. The molecule has 0 aliphatic carbocycles. The second kappa shape index (κ2) is 17.0. The quantitative estimate of drug-likeness (QED) is 0.114. The van der Waals surface area contributed by atoms with Crippen molar-refractivity contribution < 1.29 is 29.7 Å². The number of rotatable bonds is 9. The van der Waals surface area contributed by atoms with E-state index in [0.717, 1.165) is 44.5 Å². The topological polar surface area (TPSA) is 65.2 Å². The Morgan fingerprint density at radius 3 is 1.02 bits per heavy atom. The predicted molar refractivity (Wildman–Crippen MR) is 222 cm³/mol. The standard InChI is InChI=1S/C50H36N2O2.Zn/c53-47-27-15-13-25-43(47)49(37-21-9-3-10-22-37)51-45-33-39(35-17-5-1-6-18-35)29-31-41(45)42-32-30-40(36-19-7-2-8-20-36)34-46(42)52-50(38-23-11-4-12-24-38)44-26-14-16-28-48(44)54;/h1-34,53-54H;. The molecule has 8 aromatic rings. The molecule has 0 fully saturated rings. The molecular formula is C50H36N2O2Zn. The average Bonchev–Trinajstić information content (AvgIpc) is 3.24. The molecule has 260 valence electrons. The van der Waals surface area contributed by atoms with Crippen molar-refractivity contribution in [1.29, 1.82) is 0 Å². The van der Waals surface area contributed by atoms with Crippen LogP contribution in [-0.4, -0.2) is 21.6 Å². The molecule has 0 spiro atoms. The number of phenols is 2. The molecule has 0 heterocycles. The second-order valence-corrected chi connectivity index (χ2v) is 12.9. The first kappa shape index (κ1) is 36.7. The predicted octanol–water partition coefficient (Wildman–Crippen LogP) is 12.4. The van der Waals surface area contributed by atoms with Crippen LogP contribution in [0, 0.1) is 0 Å². The van der Waals surface area contributed by atoms with Crippen LogP contribution in [0.1, 0.15) is 22.3 Å². The van der Waals surface area contributed by atoms with Gasteiger partial charge in [0.25, 0.3) is 0 Å². The van der Waals surface area contributed by atoms with Crippen LogP contribution in [0.25, 0.3) is 33.4 Å². The van der Waals surface area contributed by atoms with E-state index in [1.807, 2.05) is 133 Å². The average molecular weight is 762 g/mol. The molecule has 0 aromatic heterocycles. The van der Waals surface area contributed by atoms with E-state index in [1.54, 1.807) is 12.1 Å². The van der Waals surface area contributed by atoms with Gasteiger partial charge in [-0.2, -0.15) is 0 Å². The third kappa shape index (κ3) is 8.13. The van der Waals surface area contributed by atoms with Gasteiger partial charge in [-0.25, -0.2) is 9.98 Å². The van der Waals surface area contributed by atoms with Crippen LogP contribution in [0.4, 0.5) is 11.4 Å². The number of benzene rings is 8. The summed E-state index contributed by atoms with van der Waals surface area (Å²) in [5.74, 6) is 0.294. The van der Waals surface area contributed by atoms with Crippen molar-refractivity contribution in [3.05, 3.63) is 229 Å². The summed E-state index contributed by atoms with van der Waals surface area (Å²) < 4.78 is 0. The molecule has 0 saturated heterocycles. The van der Waals surface area contributed by atoms with Crippen LogP contribution in [-0.2, 0) is 19.5 Å². The normalized spacial score (nSPS) is 11.5. The van der Waals surface area contributed by atoms with Crippen molar-refractivity contribution in [3.8, 4) is 44.9 Å². The third-order valence-corrected chi connectivity index (χ3v) is 9.38. The fraction of sp³-hybridized carbons (Fsp3) is 0. The minimum absolute atomic E-state index is 0. The van der Waals surface area contributed by atoms with Gasteiger partial charge in [-0.3, -0.25) is 0 Å². The van der Waals surface area contributed by atoms with E-state index in [1.165, 1.54) is 0 Å². The van der Waals surface area contributed by atoms with Gasteiger partial charge >= 0.3 is 0 Å². The first-order valence-electron chi connectivity index (χ1n) is 17.9. The van der Waals surface area contributed by atoms with Gasteiger partial charge in [-0.1, -0.05) is 170 Å². The number of aliphatic imine (C=N–C) groups is 2. The van der Waals surface area contributed by atoms with Crippen LogP contribution < -0.4 is 0 Å². The molecule has 8 aromatic carbocycles. The molecule has 0 aliphatic rings. The van der Waals surface area contributed by atoms with Crippen molar-refractivity contribution >= 4 is 22.8 Å². The number of para-hydroxylation sites is 2. The van der Waals surface area contributed by atoms with Crippen LogP contribution in [0.3, 0.4) is 0 Å². The summed E-state index contributed by atoms with van der Waals surface area (Å²) in [5, 5.41) is 22.3. The Bertz CT molecular complexity index is 2420. The van der Waals surface area contributed by atoms with Crippen molar-refractivity contribution in [3.63, 3.8) is 0 Å². The van der Waals surface area contributed by atoms with E-state index in [4.69, 9.17) is 9.98 Å². The van der Waals surface area contributed by atoms with Crippen molar-refractivity contribution in [2.24, 2.45) is 9.98 Å². The Kier molecular flexibility index (Phi) is 11.3. The molecular weight excluding hydrogens is 726 g/mol. The van der Waals surface area contributed by atoms with E-state index < -0.39 is 0 Å². The first-order valence-corrected chi connectivity index (χ1v) is 17.9. The van der Waals surface area contributed by atoms with Gasteiger partial charge in [0, 0.05) is 52.9 Å². The zero-order valence-electron chi connectivity index (χ0n) is 30.1. The summed E-state index contributed by atoms with van der Waals surface area (Å²) in [5.41, 5.74) is 11.6. The fourth-order valence-corrected chi connectivity index (χ4v) is 6.67. The molecule has 0 aliphatic heterocycles. The number of aromatic hydroxyl groups is 2. The molecule has 8 rings (SSSR count).